The van der Waals surface area contributed by atoms with E-state index < -0.39 is 0 Å². The molecule has 0 aromatic heterocycles. The molecule has 1 aromatic rings. The SMILES string of the molecule is Cc1c(Cl)cccc1NC(=O)CN1CCCCC1CCN.Cl. The molecule has 1 amide bonds. The Bertz CT molecular complexity index is 494. The number of benzene rings is 1. The zero-order chi connectivity index (χ0) is 15.2. The number of anilines is 1. The second-order valence-corrected chi connectivity index (χ2v) is 6.07. The van der Waals surface area contributed by atoms with Crippen molar-refractivity contribution in [3.63, 3.8) is 0 Å². The first-order chi connectivity index (χ1) is 10.1. The van der Waals surface area contributed by atoms with Crippen molar-refractivity contribution in [3.05, 3.63) is 28.8 Å². The Balaban J connectivity index is 0.00000242. The number of rotatable bonds is 5. The number of carbonyl (C=O) groups excluding carboxylic acids is 1. The van der Waals surface area contributed by atoms with Gasteiger partial charge in [-0.15, -0.1) is 12.4 Å². The van der Waals surface area contributed by atoms with E-state index in [9.17, 15) is 4.79 Å². The second-order valence-electron chi connectivity index (χ2n) is 5.66. The quantitative estimate of drug-likeness (QED) is 0.861. The molecular weight excluding hydrogens is 321 g/mol. The molecule has 1 aliphatic heterocycles. The Hall–Kier alpha value is -0.810. The van der Waals surface area contributed by atoms with Crippen LogP contribution in [0.15, 0.2) is 18.2 Å². The molecule has 22 heavy (non-hydrogen) atoms. The molecule has 2 rings (SSSR count). The highest BCUT2D eigenvalue weighted by Crippen LogP contribution is 2.23. The van der Waals surface area contributed by atoms with Crippen molar-refractivity contribution in [3.8, 4) is 0 Å². The van der Waals surface area contributed by atoms with Gasteiger partial charge >= 0.3 is 0 Å². The molecule has 1 atom stereocenters. The minimum absolute atomic E-state index is 0. The summed E-state index contributed by atoms with van der Waals surface area (Å²) in [7, 11) is 0. The van der Waals surface area contributed by atoms with E-state index in [1.165, 1.54) is 6.42 Å². The molecule has 0 saturated carbocycles. The molecule has 0 spiro atoms. The standard InChI is InChI=1S/C16H24ClN3O.ClH/c1-12-14(17)6-4-7-15(12)19-16(21)11-20-10-3-2-5-13(20)8-9-18;/h4,6-7,13H,2-3,5,8-11,18H2,1H3,(H,19,21);1H. The number of hydrogen-bond donors (Lipinski definition) is 2. The van der Waals surface area contributed by atoms with Gasteiger partial charge in [0.25, 0.3) is 0 Å². The molecule has 0 radical (unpaired) electrons. The summed E-state index contributed by atoms with van der Waals surface area (Å²) in [4.78, 5) is 14.5. The van der Waals surface area contributed by atoms with Crippen LogP contribution in [0.25, 0.3) is 0 Å². The van der Waals surface area contributed by atoms with Crippen LogP contribution in [0.1, 0.15) is 31.2 Å². The number of piperidine rings is 1. The van der Waals surface area contributed by atoms with Crippen LogP contribution in [-0.2, 0) is 4.79 Å². The van der Waals surface area contributed by atoms with Gasteiger partial charge in [-0.2, -0.15) is 0 Å². The minimum Gasteiger partial charge on any atom is -0.330 e. The normalized spacial score (nSPS) is 18.6. The van der Waals surface area contributed by atoms with Gasteiger partial charge in [0.15, 0.2) is 0 Å². The third-order valence-corrected chi connectivity index (χ3v) is 4.55. The molecule has 1 heterocycles. The highest BCUT2D eigenvalue weighted by atomic mass is 35.5. The first-order valence-electron chi connectivity index (χ1n) is 7.61. The van der Waals surface area contributed by atoms with Crippen LogP contribution in [0.5, 0.6) is 0 Å². The Morgan fingerprint density at radius 2 is 2.23 bits per heavy atom. The van der Waals surface area contributed by atoms with Gasteiger partial charge in [-0.1, -0.05) is 24.1 Å². The Kier molecular flexibility index (Phi) is 8.18. The van der Waals surface area contributed by atoms with Gasteiger partial charge in [-0.25, -0.2) is 0 Å². The monoisotopic (exact) mass is 345 g/mol. The summed E-state index contributed by atoms with van der Waals surface area (Å²) in [5.74, 6) is 0.0179. The van der Waals surface area contributed by atoms with Crippen LogP contribution in [0.4, 0.5) is 5.69 Å². The predicted octanol–water partition coefficient (Wildman–Crippen LogP) is 3.21. The number of nitrogens with two attached hydrogens (primary N) is 1. The summed E-state index contributed by atoms with van der Waals surface area (Å²) in [6, 6.07) is 6.00. The van der Waals surface area contributed by atoms with E-state index in [0.29, 0.717) is 24.2 Å². The van der Waals surface area contributed by atoms with E-state index >= 15 is 0 Å². The number of hydrogen-bond acceptors (Lipinski definition) is 3. The number of nitrogens with zero attached hydrogens (tertiary/aromatic N) is 1. The summed E-state index contributed by atoms with van der Waals surface area (Å²) in [5.41, 5.74) is 7.37. The lowest BCUT2D eigenvalue weighted by molar-refractivity contribution is -0.118. The number of likely N-dealkylation sites (tertiary alicyclic amines) is 1. The molecule has 6 heteroatoms. The molecular formula is C16H25Cl2N3O. The maximum Gasteiger partial charge on any atom is 0.238 e. The van der Waals surface area contributed by atoms with Gasteiger partial charge in [0.2, 0.25) is 5.91 Å². The molecule has 1 saturated heterocycles. The fourth-order valence-corrected chi connectivity index (χ4v) is 3.08. The van der Waals surface area contributed by atoms with Crippen molar-refractivity contribution in [2.45, 2.75) is 38.6 Å². The number of amides is 1. The van der Waals surface area contributed by atoms with Crippen molar-refractivity contribution in [2.24, 2.45) is 5.73 Å². The highest BCUT2D eigenvalue weighted by molar-refractivity contribution is 6.31. The molecule has 1 fully saturated rings. The summed E-state index contributed by atoms with van der Waals surface area (Å²) < 4.78 is 0. The van der Waals surface area contributed by atoms with Gasteiger partial charge in [-0.3, -0.25) is 9.69 Å². The smallest absolute Gasteiger partial charge is 0.238 e. The molecule has 0 bridgehead atoms. The van der Waals surface area contributed by atoms with Gasteiger partial charge in [0.05, 0.1) is 6.54 Å². The van der Waals surface area contributed by atoms with Gasteiger partial charge < -0.3 is 11.1 Å². The summed E-state index contributed by atoms with van der Waals surface area (Å²) in [6.07, 6.45) is 4.49. The van der Waals surface area contributed by atoms with E-state index in [-0.39, 0.29) is 18.3 Å². The summed E-state index contributed by atoms with van der Waals surface area (Å²) >= 11 is 6.08. The molecule has 0 aliphatic carbocycles. The highest BCUT2D eigenvalue weighted by Gasteiger charge is 2.23. The summed E-state index contributed by atoms with van der Waals surface area (Å²) in [5, 5.41) is 3.64. The third-order valence-electron chi connectivity index (χ3n) is 4.14. The lowest BCUT2D eigenvalue weighted by atomic mass is 9.99. The summed E-state index contributed by atoms with van der Waals surface area (Å²) in [6.45, 7) is 4.00. The molecule has 4 nitrogen and oxygen atoms in total. The average Bonchev–Trinajstić information content (AvgIpc) is 2.46. The third kappa shape index (κ3) is 5.13. The number of nitrogens with one attached hydrogen (secondary N) is 1. The van der Waals surface area contributed by atoms with Crippen LogP contribution in [0, 0.1) is 6.92 Å². The topological polar surface area (TPSA) is 58.4 Å². The van der Waals surface area contributed by atoms with E-state index in [0.717, 1.165) is 37.1 Å². The zero-order valence-corrected chi connectivity index (χ0v) is 14.6. The fourth-order valence-electron chi connectivity index (χ4n) is 2.90. The van der Waals surface area contributed by atoms with Crippen LogP contribution < -0.4 is 11.1 Å². The predicted molar refractivity (Wildman–Crippen MR) is 95.0 cm³/mol. The number of halogens is 2. The lowest BCUT2D eigenvalue weighted by Crippen LogP contribution is -2.44. The Morgan fingerprint density at radius 3 is 2.95 bits per heavy atom. The largest absolute Gasteiger partial charge is 0.330 e. The van der Waals surface area contributed by atoms with E-state index in [1.54, 1.807) is 0 Å². The van der Waals surface area contributed by atoms with Crippen LogP contribution in [0.3, 0.4) is 0 Å². The van der Waals surface area contributed by atoms with Gasteiger partial charge in [0, 0.05) is 16.8 Å². The van der Waals surface area contributed by atoms with Crippen LogP contribution >= 0.6 is 24.0 Å². The Labute approximate surface area is 143 Å². The molecule has 3 N–H and O–H groups in total. The van der Waals surface area contributed by atoms with E-state index in [1.807, 2.05) is 25.1 Å². The first-order valence-corrected chi connectivity index (χ1v) is 7.98. The molecule has 1 aromatic carbocycles. The number of carbonyl (C=O) groups is 1. The fraction of sp³-hybridized carbons (Fsp3) is 0.562. The maximum absolute atomic E-state index is 12.3. The van der Waals surface area contributed by atoms with Crippen molar-refractivity contribution < 1.29 is 4.79 Å². The molecule has 1 aliphatic rings. The van der Waals surface area contributed by atoms with Crippen LogP contribution in [0.2, 0.25) is 5.02 Å². The molecule has 1 unspecified atom stereocenters. The van der Waals surface area contributed by atoms with Crippen LogP contribution in [-0.4, -0.2) is 36.5 Å². The lowest BCUT2D eigenvalue weighted by Gasteiger charge is -2.35. The van der Waals surface area contributed by atoms with Crippen molar-refractivity contribution >= 4 is 35.6 Å². The van der Waals surface area contributed by atoms with Crippen molar-refractivity contribution in [1.82, 2.24) is 4.90 Å². The van der Waals surface area contributed by atoms with Crippen molar-refractivity contribution in [1.29, 1.82) is 0 Å². The first kappa shape index (κ1) is 19.2. The Morgan fingerprint density at radius 1 is 1.45 bits per heavy atom. The van der Waals surface area contributed by atoms with Crippen molar-refractivity contribution in [2.75, 3.05) is 25.0 Å². The second kappa shape index (κ2) is 9.36. The average molecular weight is 346 g/mol. The van der Waals surface area contributed by atoms with Gasteiger partial charge in [-0.05, 0) is 57.0 Å². The maximum atomic E-state index is 12.3. The van der Waals surface area contributed by atoms with E-state index in [2.05, 4.69) is 10.2 Å². The van der Waals surface area contributed by atoms with E-state index in [4.69, 9.17) is 17.3 Å². The minimum atomic E-state index is 0. The molecule has 124 valence electrons. The zero-order valence-electron chi connectivity index (χ0n) is 13.0. The van der Waals surface area contributed by atoms with Gasteiger partial charge in [0.1, 0.15) is 0 Å².